The van der Waals surface area contributed by atoms with E-state index < -0.39 is 5.97 Å². The number of aryl methyl sites for hydroxylation is 1. The quantitative estimate of drug-likeness (QED) is 0.698. The minimum Gasteiger partial charge on any atom is -0.481 e. The van der Waals surface area contributed by atoms with E-state index in [1.807, 2.05) is 6.92 Å². The summed E-state index contributed by atoms with van der Waals surface area (Å²) >= 11 is 0. The smallest absolute Gasteiger partial charge is 0.303 e. The van der Waals surface area contributed by atoms with Gasteiger partial charge in [-0.3, -0.25) is 9.59 Å². The first-order chi connectivity index (χ1) is 7.63. The van der Waals surface area contributed by atoms with Crippen LogP contribution < -0.4 is 5.32 Å². The van der Waals surface area contributed by atoms with Gasteiger partial charge in [0.05, 0.1) is 13.0 Å². The van der Waals surface area contributed by atoms with Crippen LogP contribution in [0.4, 0.5) is 0 Å². The number of aromatic nitrogens is 3. The Labute approximate surface area is 92.5 Å². The van der Waals surface area contributed by atoms with Crippen LogP contribution in [0.1, 0.15) is 25.6 Å². The highest BCUT2D eigenvalue weighted by atomic mass is 16.4. The van der Waals surface area contributed by atoms with Gasteiger partial charge in [-0.2, -0.15) is 0 Å². The van der Waals surface area contributed by atoms with Crippen molar-refractivity contribution < 1.29 is 14.7 Å². The monoisotopic (exact) mass is 226 g/mol. The molecule has 0 saturated heterocycles. The lowest BCUT2D eigenvalue weighted by molar-refractivity contribution is -0.138. The second-order valence-corrected chi connectivity index (χ2v) is 3.20. The van der Waals surface area contributed by atoms with Crippen molar-refractivity contribution in [3.8, 4) is 0 Å². The average molecular weight is 226 g/mol. The topological polar surface area (TPSA) is 97.1 Å². The largest absolute Gasteiger partial charge is 0.481 e. The standard InChI is InChI=1S/C9H14N4O3/c1-2-13-6-11-12-7(13)5-10-8(14)3-4-9(15)16/h6H,2-5H2,1H3,(H,10,14)(H,15,16). The molecule has 0 aliphatic heterocycles. The molecular formula is C9H14N4O3. The van der Waals surface area contributed by atoms with Gasteiger partial charge in [0, 0.05) is 13.0 Å². The zero-order valence-electron chi connectivity index (χ0n) is 9.01. The number of carboxylic acid groups (broad SMARTS) is 1. The molecule has 1 aromatic rings. The van der Waals surface area contributed by atoms with Gasteiger partial charge in [-0.25, -0.2) is 0 Å². The first kappa shape index (κ1) is 12.2. The number of amides is 1. The van der Waals surface area contributed by atoms with E-state index in [9.17, 15) is 9.59 Å². The van der Waals surface area contributed by atoms with Gasteiger partial charge in [-0.05, 0) is 6.92 Å². The van der Waals surface area contributed by atoms with Crippen LogP contribution >= 0.6 is 0 Å². The summed E-state index contributed by atoms with van der Waals surface area (Å²) in [6.07, 6.45) is 1.40. The maximum atomic E-state index is 11.2. The normalized spacial score (nSPS) is 10.1. The molecule has 7 heteroatoms. The number of carboxylic acids is 1. The summed E-state index contributed by atoms with van der Waals surface area (Å²) in [7, 11) is 0. The van der Waals surface area contributed by atoms with Crippen molar-refractivity contribution in [2.24, 2.45) is 0 Å². The summed E-state index contributed by atoms with van der Waals surface area (Å²) in [6, 6.07) is 0. The molecule has 88 valence electrons. The van der Waals surface area contributed by atoms with Crippen molar-refractivity contribution in [2.75, 3.05) is 0 Å². The van der Waals surface area contributed by atoms with E-state index in [-0.39, 0.29) is 25.3 Å². The number of nitrogens with one attached hydrogen (secondary N) is 1. The molecule has 0 bridgehead atoms. The third-order valence-corrected chi connectivity index (χ3v) is 2.05. The number of hydrogen-bond donors (Lipinski definition) is 2. The predicted octanol–water partition coefficient (Wildman–Crippen LogP) is -0.221. The molecule has 1 aromatic heterocycles. The van der Waals surface area contributed by atoms with Gasteiger partial charge < -0.3 is 15.0 Å². The lowest BCUT2D eigenvalue weighted by atomic mass is 10.3. The Morgan fingerprint density at radius 3 is 2.88 bits per heavy atom. The van der Waals surface area contributed by atoms with Gasteiger partial charge in [-0.15, -0.1) is 10.2 Å². The highest BCUT2D eigenvalue weighted by Crippen LogP contribution is 1.95. The molecule has 16 heavy (non-hydrogen) atoms. The minimum absolute atomic E-state index is 0.0183. The molecule has 0 atom stereocenters. The zero-order valence-corrected chi connectivity index (χ0v) is 9.01. The fraction of sp³-hybridized carbons (Fsp3) is 0.556. The van der Waals surface area contributed by atoms with E-state index in [0.717, 1.165) is 6.54 Å². The highest BCUT2D eigenvalue weighted by molar-refractivity contribution is 5.80. The van der Waals surface area contributed by atoms with Crippen LogP contribution in [0.15, 0.2) is 6.33 Å². The first-order valence-corrected chi connectivity index (χ1v) is 4.98. The van der Waals surface area contributed by atoms with Crippen LogP contribution in [-0.4, -0.2) is 31.7 Å². The van der Waals surface area contributed by atoms with Crippen molar-refractivity contribution in [2.45, 2.75) is 32.9 Å². The summed E-state index contributed by atoms with van der Waals surface area (Å²) in [6.45, 7) is 2.94. The molecule has 0 aliphatic carbocycles. The van der Waals surface area contributed by atoms with Crippen molar-refractivity contribution >= 4 is 11.9 Å². The molecule has 1 amide bonds. The lowest BCUT2D eigenvalue weighted by Gasteiger charge is -2.04. The third kappa shape index (κ3) is 3.68. The van der Waals surface area contributed by atoms with Crippen molar-refractivity contribution in [3.63, 3.8) is 0 Å². The van der Waals surface area contributed by atoms with Crippen LogP contribution in [0.2, 0.25) is 0 Å². The molecular weight excluding hydrogens is 212 g/mol. The molecule has 0 unspecified atom stereocenters. The Morgan fingerprint density at radius 2 is 2.25 bits per heavy atom. The van der Waals surface area contributed by atoms with E-state index in [2.05, 4.69) is 15.5 Å². The Balaban J connectivity index is 2.34. The molecule has 0 aliphatic rings. The SMILES string of the molecule is CCn1cnnc1CNC(=O)CCC(=O)O. The molecule has 0 spiro atoms. The number of aliphatic carboxylic acids is 1. The number of rotatable bonds is 6. The lowest BCUT2D eigenvalue weighted by Crippen LogP contribution is -2.25. The zero-order chi connectivity index (χ0) is 12.0. The second kappa shape index (κ2) is 5.84. The van der Waals surface area contributed by atoms with Crippen LogP contribution in [0.25, 0.3) is 0 Å². The van der Waals surface area contributed by atoms with E-state index in [1.165, 1.54) is 0 Å². The molecule has 0 radical (unpaired) electrons. The molecule has 0 aromatic carbocycles. The second-order valence-electron chi connectivity index (χ2n) is 3.20. The van der Waals surface area contributed by atoms with Crippen LogP contribution in [-0.2, 0) is 22.7 Å². The fourth-order valence-electron chi connectivity index (χ4n) is 1.17. The van der Waals surface area contributed by atoms with Gasteiger partial charge in [-0.1, -0.05) is 0 Å². The fourth-order valence-corrected chi connectivity index (χ4v) is 1.17. The van der Waals surface area contributed by atoms with Gasteiger partial charge >= 0.3 is 5.97 Å². The summed E-state index contributed by atoms with van der Waals surface area (Å²) < 4.78 is 1.80. The van der Waals surface area contributed by atoms with Crippen LogP contribution in [0.5, 0.6) is 0 Å². The van der Waals surface area contributed by atoms with Gasteiger partial charge in [0.25, 0.3) is 0 Å². The van der Waals surface area contributed by atoms with Crippen molar-refractivity contribution in [3.05, 3.63) is 12.2 Å². The van der Waals surface area contributed by atoms with Gasteiger partial charge in [0.1, 0.15) is 6.33 Å². The van der Waals surface area contributed by atoms with Crippen LogP contribution in [0.3, 0.4) is 0 Å². The summed E-state index contributed by atoms with van der Waals surface area (Å²) in [5.74, 6) is -0.619. The average Bonchev–Trinajstić information content (AvgIpc) is 2.70. The van der Waals surface area contributed by atoms with Crippen LogP contribution in [0, 0.1) is 0 Å². The number of carbonyl (C=O) groups is 2. The maximum Gasteiger partial charge on any atom is 0.303 e. The third-order valence-electron chi connectivity index (χ3n) is 2.05. The Morgan fingerprint density at radius 1 is 1.50 bits per heavy atom. The van der Waals surface area contributed by atoms with Crippen molar-refractivity contribution in [1.82, 2.24) is 20.1 Å². The predicted molar refractivity (Wildman–Crippen MR) is 54.4 cm³/mol. The minimum atomic E-state index is -0.980. The number of nitrogens with zero attached hydrogens (tertiary/aromatic N) is 3. The molecule has 7 nitrogen and oxygen atoms in total. The summed E-state index contributed by atoms with van der Waals surface area (Å²) in [5.41, 5.74) is 0. The van der Waals surface area contributed by atoms with Crippen molar-refractivity contribution in [1.29, 1.82) is 0 Å². The van der Waals surface area contributed by atoms with E-state index >= 15 is 0 Å². The molecule has 2 N–H and O–H groups in total. The Bertz CT molecular complexity index is 375. The van der Waals surface area contributed by atoms with Gasteiger partial charge in [0.2, 0.25) is 5.91 Å². The van der Waals surface area contributed by atoms with E-state index in [0.29, 0.717) is 5.82 Å². The molecule has 0 saturated carbocycles. The number of carbonyl (C=O) groups excluding carboxylic acids is 1. The first-order valence-electron chi connectivity index (χ1n) is 4.98. The van der Waals surface area contributed by atoms with Gasteiger partial charge in [0.15, 0.2) is 5.82 Å². The Hall–Kier alpha value is -1.92. The number of hydrogen-bond acceptors (Lipinski definition) is 4. The highest BCUT2D eigenvalue weighted by Gasteiger charge is 2.07. The van der Waals surface area contributed by atoms with E-state index in [4.69, 9.17) is 5.11 Å². The molecule has 1 rings (SSSR count). The molecule has 1 heterocycles. The summed E-state index contributed by atoms with van der Waals surface area (Å²) in [5, 5.41) is 18.5. The Kier molecular flexibility index (Phi) is 4.43. The van der Waals surface area contributed by atoms with E-state index in [1.54, 1.807) is 10.9 Å². The maximum absolute atomic E-state index is 11.2. The molecule has 0 fully saturated rings. The summed E-state index contributed by atoms with van der Waals surface area (Å²) in [4.78, 5) is 21.4.